The average molecular weight is 493 g/mol. The largest absolute Gasteiger partial charge is 0.355 e. The van der Waals surface area contributed by atoms with Crippen molar-refractivity contribution in [3.05, 3.63) is 70.8 Å². The highest BCUT2D eigenvalue weighted by Gasteiger charge is 2.21. The summed E-state index contributed by atoms with van der Waals surface area (Å²) in [6, 6.07) is 14.9. The molecule has 5 heterocycles. The number of unbranched alkanes of at least 4 members (excludes halogenated alkanes) is 6. The molecule has 0 aromatic carbocycles. The third-order valence-electron chi connectivity index (χ3n) is 7.48. The van der Waals surface area contributed by atoms with Crippen LogP contribution in [0.3, 0.4) is 0 Å². The van der Waals surface area contributed by atoms with E-state index in [-0.39, 0.29) is 0 Å². The minimum Gasteiger partial charge on any atom is -0.355 e. The van der Waals surface area contributed by atoms with Crippen LogP contribution in [0.4, 0.5) is 0 Å². The highest BCUT2D eigenvalue weighted by Crippen LogP contribution is 2.35. The highest BCUT2D eigenvalue weighted by molar-refractivity contribution is 5.80. The number of nitrogens with zero attached hydrogens (tertiary/aromatic N) is 2. The van der Waals surface area contributed by atoms with Crippen LogP contribution in [0.5, 0.6) is 0 Å². The van der Waals surface area contributed by atoms with Gasteiger partial charge in [-0.2, -0.15) is 0 Å². The summed E-state index contributed by atoms with van der Waals surface area (Å²) in [6.07, 6.45) is 21.4. The molecule has 4 heteroatoms. The number of nitrogens with one attached hydrogen (secondary N) is 2. The first-order valence-electron chi connectivity index (χ1n) is 14.3. The van der Waals surface area contributed by atoms with Crippen LogP contribution in [0.25, 0.3) is 46.4 Å². The molecule has 4 nitrogen and oxygen atoms in total. The van der Waals surface area contributed by atoms with E-state index in [1.807, 2.05) is 0 Å². The van der Waals surface area contributed by atoms with E-state index in [9.17, 15) is 0 Å². The minimum atomic E-state index is 0.474. The molecule has 0 fully saturated rings. The van der Waals surface area contributed by atoms with Crippen LogP contribution in [0.15, 0.2) is 42.5 Å². The Morgan fingerprint density at radius 2 is 1.03 bits per heavy atom. The van der Waals surface area contributed by atoms with Gasteiger partial charge in [0.25, 0.3) is 0 Å². The predicted octanol–water partition coefficient (Wildman–Crippen LogP) is 9.68. The lowest BCUT2D eigenvalue weighted by Gasteiger charge is -2.19. The molecular weight excluding hydrogens is 452 g/mol. The van der Waals surface area contributed by atoms with Crippen molar-refractivity contribution >= 4 is 46.4 Å². The normalized spacial score (nSPS) is 12.6. The lowest BCUT2D eigenvalue weighted by molar-refractivity contribution is 0.494. The molecule has 3 aromatic rings. The smallest absolute Gasteiger partial charge is 0.0694 e. The predicted molar refractivity (Wildman–Crippen MR) is 159 cm³/mol. The van der Waals surface area contributed by atoms with Crippen LogP contribution in [0.1, 0.15) is 112 Å². The number of hydrogen-bond donors (Lipinski definition) is 2. The maximum atomic E-state index is 5.13. The van der Waals surface area contributed by atoms with Gasteiger partial charge >= 0.3 is 0 Å². The van der Waals surface area contributed by atoms with Crippen LogP contribution in [0, 0.1) is 0 Å². The Bertz CT molecular complexity index is 1320. The molecule has 192 valence electrons. The number of rotatable bonds is 11. The quantitative estimate of drug-likeness (QED) is 0.180. The van der Waals surface area contributed by atoms with Gasteiger partial charge in [-0.3, -0.25) is 0 Å². The van der Waals surface area contributed by atoms with Crippen molar-refractivity contribution in [3.8, 4) is 0 Å². The third-order valence-corrected chi connectivity index (χ3v) is 7.48. The van der Waals surface area contributed by atoms with Crippen LogP contribution >= 0.6 is 0 Å². The van der Waals surface area contributed by atoms with E-state index in [1.165, 1.54) is 69.8 Å². The van der Waals surface area contributed by atoms with Gasteiger partial charge < -0.3 is 9.97 Å². The molecule has 2 aliphatic rings. The Morgan fingerprint density at radius 1 is 0.568 bits per heavy atom. The van der Waals surface area contributed by atoms with Gasteiger partial charge in [-0.1, -0.05) is 65.2 Å². The zero-order valence-corrected chi connectivity index (χ0v) is 22.4. The molecule has 0 spiro atoms. The Morgan fingerprint density at radius 3 is 1.49 bits per heavy atom. The second-order valence-corrected chi connectivity index (χ2v) is 10.5. The topological polar surface area (TPSA) is 57.4 Å². The average Bonchev–Trinajstić information content (AvgIpc) is 3.70. The highest BCUT2D eigenvalue weighted by atomic mass is 14.8. The Hall–Kier alpha value is -3.40. The molecule has 0 atom stereocenters. The Balaban J connectivity index is 1.65. The second-order valence-electron chi connectivity index (χ2n) is 10.5. The molecule has 2 N–H and O–H groups in total. The van der Waals surface area contributed by atoms with Gasteiger partial charge in [0, 0.05) is 27.6 Å². The van der Waals surface area contributed by atoms with E-state index in [1.54, 1.807) is 0 Å². The van der Waals surface area contributed by atoms with Gasteiger partial charge in [-0.15, -0.1) is 0 Å². The summed E-state index contributed by atoms with van der Waals surface area (Å²) in [7, 11) is 0. The maximum absolute atomic E-state index is 5.13. The van der Waals surface area contributed by atoms with Gasteiger partial charge in [0.1, 0.15) is 0 Å². The zero-order chi connectivity index (χ0) is 25.5. The van der Waals surface area contributed by atoms with E-state index >= 15 is 0 Å². The summed E-state index contributed by atoms with van der Waals surface area (Å²) in [5.41, 5.74) is 9.73. The van der Waals surface area contributed by atoms with Crippen molar-refractivity contribution in [2.75, 3.05) is 0 Å². The molecule has 2 aliphatic heterocycles. The first-order chi connectivity index (χ1) is 18.2. The van der Waals surface area contributed by atoms with Gasteiger partial charge in [0.05, 0.1) is 22.8 Å². The second kappa shape index (κ2) is 12.2. The number of hydrogen-bond acceptors (Lipinski definition) is 2. The van der Waals surface area contributed by atoms with Crippen molar-refractivity contribution < 1.29 is 0 Å². The van der Waals surface area contributed by atoms with Gasteiger partial charge in [-0.05, 0) is 85.5 Å². The van der Waals surface area contributed by atoms with E-state index in [2.05, 4.69) is 90.6 Å². The summed E-state index contributed by atoms with van der Waals surface area (Å²) in [5, 5.41) is 0. The van der Waals surface area contributed by atoms with Crippen molar-refractivity contribution in [1.29, 1.82) is 0 Å². The molecule has 0 aliphatic carbocycles. The third kappa shape index (κ3) is 6.49. The SMILES string of the molecule is CCCCCCC(CCCCCC)c1c2nc(cc3ccc(cc4ccc(cc5nc1C=C5)[nH]4)[nH]3)C=C2. The molecule has 0 unspecified atom stereocenters. The maximum Gasteiger partial charge on any atom is 0.0694 e. The van der Waals surface area contributed by atoms with Crippen LogP contribution in [0.2, 0.25) is 0 Å². The van der Waals surface area contributed by atoms with Crippen LogP contribution in [-0.2, 0) is 0 Å². The number of aromatic amines is 2. The molecule has 3 aromatic heterocycles. The fourth-order valence-corrected chi connectivity index (χ4v) is 5.52. The van der Waals surface area contributed by atoms with E-state index < -0.39 is 0 Å². The minimum absolute atomic E-state index is 0.474. The summed E-state index contributed by atoms with van der Waals surface area (Å²) >= 11 is 0. The molecule has 8 bridgehead atoms. The number of fused-ring (bicyclic) bond motifs is 8. The first-order valence-corrected chi connectivity index (χ1v) is 14.3. The van der Waals surface area contributed by atoms with Crippen molar-refractivity contribution in [1.82, 2.24) is 19.9 Å². The molecule has 37 heavy (non-hydrogen) atoms. The van der Waals surface area contributed by atoms with Crippen molar-refractivity contribution in [2.24, 2.45) is 0 Å². The van der Waals surface area contributed by atoms with Gasteiger partial charge in [-0.25, -0.2) is 9.97 Å². The fourth-order valence-electron chi connectivity index (χ4n) is 5.52. The van der Waals surface area contributed by atoms with E-state index in [4.69, 9.17) is 9.97 Å². The lowest BCUT2D eigenvalue weighted by Crippen LogP contribution is -2.05. The fraction of sp³-hybridized carbons (Fsp3) is 0.394. The summed E-state index contributed by atoms with van der Waals surface area (Å²) < 4.78 is 0. The lowest BCUT2D eigenvalue weighted by atomic mass is 9.86. The molecule has 0 amide bonds. The molecule has 0 saturated heterocycles. The van der Waals surface area contributed by atoms with Crippen LogP contribution in [-0.4, -0.2) is 19.9 Å². The number of H-pyrrole nitrogens is 2. The monoisotopic (exact) mass is 492 g/mol. The molecule has 0 radical (unpaired) electrons. The van der Waals surface area contributed by atoms with Crippen molar-refractivity contribution in [3.63, 3.8) is 0 Å². The van der Waals surface area contributed by atoms with E-state index in [0.717, 1.165) is 44.8 Å². The Kier molecular flexibility index (Phi) is 8.35. The standard InChI is InChI=1S/C33H40N4/c1-3-5-7-9-11-24(12-10-8-6-4-2)33-31-19-17-29(36-31)22-27-15-13-25(34-27)21-26-14-16-28(35-26)23-30-18-20-32(33)37-30/h13-24,34-35H,3-12H2,1-2H3. The Labute approximate surface area is 221 Å². The van der Waals surface area contributed by atoms with E-state index in [0.29, 0.717) is 5.92 Å². The van der Waals surface area contributed by atoms with Gasteiger partial charge in [0.15, 0.2) is 0 Å². The summed E-state index contributed by atoms with van der Waals surface area (Å²) in [4.78, 5) is 17.3. The molecular formula is C33H40N4. The van der Waals surface area contributed by atoms with Crippen molar-refractivity contribution in [2.45, 2.75) is 84.0 Å². The zero-order valence-electron chi connectivity index (χ0n) is 22.4. The number of aromatic nitrogens is 4. The molecule has 0 saturated carbocycles. The molecule has 5 rings (SSSR count). The van der Waals surface area contributed by atoms with Gasteiger partial charge in [0.2, 0.25) is 0 Å². The van der Waals surface area contributed by atoms with Crippen LogP contribution < -0.4 is 0 Å². The summed E-state index contributed by atoms with van der Waals surface area (Å²) in [6.45, 7) is 4.57. The summed E-state index contributed by atoms with van der Waals surface area (Å²) in [5.74, 6) is 0.474. The first kappa shape index (κ1) is 25.3.